The molecule has 3 rings (SSSR count). The number of pyridine rings is 1. The molecule has 0 bridgehead atoms. The van der Waals surface area contributed by atoms with Crippen LogP contribution in [0.4, 0.5) is 5.69 Å². The lowest BCUT2D eigenvalue weighted by atomic mass is 10.1. The predicted molar refractivity (Wildman–Crippen MR) is 83.0 cm³/mol. The average Bonchev–Trinajstić information content (AvgIpc) is 2.90. The standard InChI is InChI=1S/C17H18N2O2/c1-3-12-5-4-6-13-7-8-19(16(12)13)17(21)14-10-18-11(2)9-15(14)20/h4-6,9-10H,3,7-8H2,1-2H3,(H,18,20). The van der Waals surface area contributed by atoms with E-state index in [-0.39, 0.29) is 16.9 Å². The van der Waals surface area contributed by atoms with E-state index in [1.807, 2.05) is 12.1 Å². The topological polar surface area (TPSA) is 53.2 Å². The lowest BCUT2D eigenvalue weighted by Crippen LogP contribution is -2.33. The van der Waals surface area contributed by atoms with Crippen molar-refractivity contribution in [3.8, 4) is 0 Å². The molecule has 4 nitrogen and oxygen atoms in total. The summed E-state index contributed by atoms with van der Waals surface area (Å²) in [5.41, 5.74) is 4.07. The molecule has 108 valence electrons. The van der Waals surface area contributed by atoms with Gasteiger partial charge in [0.05, 0.1) is 5.69 Å². The van der Waals surface area contributed by atoms with Crippen molar-refractivity contribution >= 4 is 11.6 Å². The Kier molecular flexibility index (Phi) is 3.37. The molecule has 0 radical (unpaired) electrons. The van der Waals surface area contributed by atoms with Gasteiger partial charge in [-0.1, -0.05) is 25.1 Å². The summed E-state index contributed by atoms with van der Waals surface area (Å²) in [5, 5.41) is 0. The van der Waals surface area contributed by atoms with E-state index in [4.69, 9.17) is 0 Å². The Hall–Kier alpha value is -2.36. The molecule has 0 saturated heterocycles. The number of benzene rings is 1. The van der Waals surface area contributed by atoms with Gasteiger partial charge in [0.2, 0.25) is 0 Å². The van der Waals surface area contributed by atoms with Crippen LogP contribution in [-0.4, -0.2) is 17.4 Å². The molecule has 0 saturated carbocycles. The molecule has 1 aliphatic heterocycles. The van der Waals surface area contributed by atoms with Crippen LogP contribution in [0.2, 0.25) is 0 Å². The second-order valence-electron chi connectivity index (χ2n) is 5.38. The third-order valence-electron chi connectivity index (χ3n) is 3.99. The van der Waals surface area contributed by atoms with Crippen molar-refractivity contribution in [1.82, 2.24) is 4.98 Å². The van der Waals surface area contributed by atoms with Gasteiger partial charge in [-0.3, -0.25) is 9.59 Å². The van der Waals surface area contributed by atoms with Crippen LogP contribution in [-0.2, 0) is 12.8 Å². The number of aromatic amines is 1. The molecular formula is C17H18N2O2. The van der Waals surface area contributed by atoms with Crippen LogP contribution in [0, 0.1) is 6.92 Å². The summed E-state index contributed by atoms with van der Waals surface area (Å²) in [5.74, 6) is -0.212. The number of carbonyl (C=O) groups is 1. The highest BCUT2D eigenvalue weighted by atomic mass is 16.2. The van der Waals surface area contributed by atoms with E-state index in [1.54, 1.807) is 11.8 Å². The number of para-hydroxylation sites is 1. The second kappa shape index (κ2) is 5.20. The molecule has 21 heavy (non-hydrogen) atoms. The van der Waals surface area contributed by atoms with Gasteiger partial charge in [-0.15, -0.1) is 0 Å². The number of nitrogens with zero attached hydrogens (tertiary/aromatic N) is 1. The Balaban J connectivity index is 2.04. The van der Waals surface area contributed by atoms with Gasteiger partial charge < -0.3 is 9.88 Å². The minimum atomic E-state index is -0.223. The van der Waals surface area contributed by atoms with Crippen molar-refractivity contribution in [3.05, 3.63) is 63.1 Å². The second-order valence-corrected chi connectivity index (χ2v) is 5.38. The predicted octanol–water partition coefficient (Wildman–Crippen LogP) is 2.45. The van der Waals surface area contributed by atoms with Gasteiger partial charge in [0.1, 0.15) is 5.56 Å². The number of H-pyrrole nitrogens is 1. The van der Waals surface area contributed by atoms with Gasteiger partial charge in [-0.2, -0.15) is 0 Å². The zero-order valence-corrected chi connectivity index (χ0v) is 12.3. The van der Waals surface area contributed by atoms with E-state index in [1.165, 1.54) is 17.8 Å². The number of carbonyl (C=O) groups excluding carboxylic acids is 1. The number of rotatable bonds is 2. The summed E-state index contributed by atoms with van der Waals surface area (Å²) in [4.78, 5) is 29.4. The normalized spacial score (nSPS) is 13.3. The zero-order chi connectivity index (χ0) is 15.0. The molecular weight excluding hydrogens is 264 g/mol. The van der Waals surface area contributed by atoms with E-state index in [0.29, 0.717) is 6.54 Å². The number of aromatic nitrogens is 1. The Bertz CT molecular complexity index is 762. The van der Waals surface area contributed by atoms with E-state index in [0.717, 1.165) is 29.8 Å². The molecule has 1 N–H and O–H groups in total. The average molecular weight is 282 g/mol. The van der Waals surface area contributed by atoms with E-state index >= 15 is 0 Å². The van der Waals surface area contributed by atoms with Crippen molar-refractivity contribution in [1.29, 1.82) is 0 Å². The highest BCUT2D eigenvalue weighted by molar-refractivity contribution is 6.07. The summed E-state index contributed by atoms with van der Waals surface area (Å²) in [6, 6.07) is 7.60. The fraction of sp³-hybridized carbons (Fsp3) is 0.294. The molecule has 1 aromatic heterocycles. The molecule has 0 aliphatic carbocycles. The first-order valence-electron chi connectivity index (χ1n) is 7.23. The highest BCUT2D eigenvalue weighted by Gasteiger charge is 2.28. The number of fused-ring (bicyclic) bond motifs is 1. The van der Waals surface area contributed by atoms with Gasteiger partial charge in [-0.05, 0) is 30.9 Å². The first kappa shape index (κ1) is 13.6. The van der Waals surface area contributed by atoms with Crippen LogP contribution < -0.4 is 10.3 Å². The highest BCUT2D eigenvalue weighted by Crippen LogP contribution is 2.32. The van der Waals surface area contributed by atoms with Crippen LogP contribution in [0.1, 0.15) is 34.1 Å². The Morgan fingerprint density at radius 1 is 1.38 bits per heavy atom. The summed E-state index contributed by atoms with van der Waals surface area (Å²) in [6.07, 6.45) is 3.24. The third-order valence-corrected chi connectivity index (χ3v) is 3.99. The number of amides is 1. The molecule has 0 unspecified atom stereocenters. The number of anilines is 1. The quantitative estimate of drug-likeness (QED) is 0.920. The van der Waals surface area contributed by atoms with Crippen molar-refractivity contribution in [2.45, 2.75) is 26.7 Å². The lowest BCUT2D eigenvalue weighted by Gasteiger charge is -2.20. The van der Waals surface area contributed by atoms with Crippen molar-refractivity contribution < 1.29 is 4.79 Å². The molecule has 1 aliphatic rings. The van der Waals surface area contributed by atoms with Gasteiger partial charge >= 0.3 is 0 Å². The number of hydrogen-bond donors (Lipinski definition) is 1. The first-order chi connectivity index (χ1) is 10.1. The van der Waals surface area contributed by atoms with Crippen LogP contribution in [0.15, 0.2) is 35.3 Å². The fourth-order valence-electron chi connectivity index (χ4n) is 2.91. The van der Waals surface area contributed by atoms with Gasteiger partial charge in [-0.25, -0.2) is 0 Å². The minimum Gasteiger partial charge on any atom is -0.364 e. The van der Waals surface area contributed by atoms with Crippen LogP contribution in [0.25, 0.3) is 0 Å². The molecule has 0 spiro atoms. The third kappa shape index (κ3) is 2.27. The number of nitrogens with one attached hydrogen (secondary N) is 1. The molecule has 0 fully saturated rings. The largest absolute Gasteiger partial charge is 0.364 e. The lowest BCUT2D eigenvalue weighted by molar-refractivity contribution is 0.0988. The monoisotopic (exact) mass is 282 g/mol. The molecule has 4 heteroatoms. The van der Waals surface area contributed by atoms with Crippen molar-refractivity contribution in [3.63, 3.8) is 0 Å². The molecule has 1 amide bonds. The van der Waals surface area contributed by atoms with Crippen molar-refractivity contribution in [2.75, 3.05) is 11.4 Å². The molecule has 2 heterocycles. The van der Waals surface area contributed by atoms with E-state index < -0.39 is 0 Å². The maximum atomic E-state index is 12.7. The van der Waals surface area contributed by atoms with Crippen LogP contribution in [0.3, 0.4) is 0 Å². The minimum absolute atomic E-state index is 0.208. The smallest absolute Gasteiger partial charge is 0.263 e. The van der Waals surface area contributed by atoms with Crippen LogP contribution >= 0.6 is 0 Å². The maximum Gasteiger partial charge on any atom is 0.263 e. The summed E-state index contributed by atoms with van der Waals surface area (Å²) < 4.78 is 0. The van der Waals surface area contributed by atoms with Gasteiger partial charge in [0.25, 0.3) is 5.91 Å². The summed E-state index contributed by atoms with van der Waals surface area (Å²) >= 11 is 0. The Morgan fingerprint density at radius 3 is 2.90 bits per heavy atom. The Morgan fingerprint density at radius 2 is 2.19 bits per heavy atom. The summed E-state index contributed by atoms with van der Waals surface area (Å²) in [7, 11) is 0. The SMILES string of the molecule is CCc1cccc2c1N(C(=O)c1c[nH]c(C)cc1=O)CC2. The van der Waals surface area contributed by atoms with E-state index in [2.05, 4.69) is 18.0 Å². The molecule has 0 atom stereocenters. The van der Waals surface area contributed by atoms with E-state index in [9.17, 15) is 9.59 Å². The zero-order valence-electron chi connectivity index (χ0n) is 12.3. The van der Waals surface area contributed by atoms with Crippen LogP contribution in [0.5, 0.6) is 0 Å². The fourth-order valence-corrected chi connectivity index (χ4v) is 2.91. The first-order valence-corrected chi connectivity index (χ1v) is 7.23. The Labute approximate surface area is 123 Å². The molecule has 2 aromatic rings. The van der Waals surface area contributed by atoms with Crippen molar-refractivity contribution in [2.24, 2.45) is 0 Å². The molecule has 1 aromatic carbocycles. The summed E-state index contributed by atoms with van der Waals surface area (Å²) in [6.45, 7) is 4.52. The maximum absolute atomic E-state index is 12.7. The number of aryl methyl sites for hydroxylation is 2. The van der Waals surface area contributed by atoms with Gasteiger partial charge in [0, 0.05) is 24.5 Å². The number of hydrogen-bond acceptors (Lipinski definition) is 2. The van der Waals surface area contributed by atoms with Gasteiger partial charge in [0.15, 0.2) is 5.43 Å².